The van der Waals surface area contributed by atoms with Crippen LogP contribution in [0.5, 0.6) is 11.5 Å². The molecule has 0 unspecified atom stereocenters. The molecule has 0 aromatic heterocycles. The average molecular weight is 238 g/mol. The Balaban J connectivity index is 2.39. The number of nitrogens with one attached hydrogen (secondary N) is 2. The van der Waals surface area contributed by atoms with Crippen LogP contribution < -0.4 is 20.1 Å². The van der Waals surface area contributed by atoms with Gasteiger partial charge in [0.15, 0.2) is 6.61 Å². The van der Waals surface area contributed by atoms with Gasteiger partial charge in [-0.05, 0) is 24.3 Å². The molecule has 0 atom stereocenters. The molecule has 92 valence electrons. The third-order valence-corrected chi connectivity index (χ3v) is 1.91. The van der Waals surface area contributed by atoms with Gasteiger partial charge in [-0.3, -0.25) is 10.1 Å². The third-order valence-electron chi connectivity index (χ3n) is 1.91. The van der Waals surface area contributed by atoms with Crippen molar-refractivity contribution in [1.29, 1.82) is 0 Å². The standard InChI is InChI=1S/C11H14N2O4/c1-12-11(15)13-10(14)7-17-9-5-3-8(16-2)4-6-9/h3-6H,7H2,1-2H3,(H2,12,13,14,15). The van der Waals surface area contributed by atoms with E-state index >= 15 is 0 Å². The number of hydrogen-bond donors (Lipinski definition) is 2. The molecule has 0 spiro atoms. The summed E-state index contributed by atoms with van der Waals surface area (Å²) in [5.41, 5.74) is 0. The molecule has 1 aromatic rings. The number of ether oxygens (including phenoxy) is 2. The van der Waals surface area contributed by atoms with Gasteiger partial charge in [0.25, 0.3) is 5.91 Å². The second-order valence-electron chi connectivity index (χ2n) is 3.09. The van der Waals surface area contributed by atoms with Gasteiger partial charge in [-0.15, -0.1) is 0 Å². The number of carbonyl (C=O) groups excluding carboxylic acids is 2. The monoisotopic (exact) mass is 238 g/mol. The van der Waals surface area contributed by atoms with Crippen LogP contribution in [0.25, 0.3) is 0 Å². The molecular weight excluding hydrogens is 224 g/mol. The number of urea groups is 1. The Kier molecular flexibility index (Phi) is 4.80. The van der Waals surface area contributed by atoms with Crippen molar-refractivity contribution in [2.24, 2.45) is 0 Å². The summed E-state index contributed by atoms with van der Waals surface area (Å²) >= 11 is 0. The molecule has 0 radical (unpaired) electrons. The highest BCUT2D eigenvalue weighted by molar-refractivity contribution is 5.94. The molecular formula is C11H14N2O4. The fraction of sp³-hybridized carbons (Fsp3) is 0.273. The lowest BCUT2D eigenvalue weighted by Gasteiger charge is -2.06. The van der Waals surface area contributed by atoms with Crippen molar-refractivity contribution in [2.45, 2.75) is 0 Å². The highest BCUT2D eigenvalue weighted by Gasteiger charge is 2.06. The summed E-state index contributed by atoms with van der Waals surface area (Å²) in [5, 5.41) is 4.35. The van der Waals surface area contributed by atoms with E-state index < -0.39 is 11.9 Å². The maximum Gasteiger partial charge on any atom is 0.321 e. The number of benzene rings is 1. The van der Waals surface area contributed by atoms with Crippen LogP contribution in [0.2, 0.25) is 0 Å². The van der Waals surface area contributed by atoms with Crippen molar-refractivity contribution in [3.8, 4) is 11.5 Å². The maximum atomic E-state index is 11.2. The van der Waals surface area contributed by atoms with Gasteiger partial charge in [-0.25, -0.2) is 4.79 Å². The number of methoxy groups -OCH3 is 1. The van der Waals surface area contributed by atoms with E-state index in [0.29, 0.717) is 11.5 Å². The molecule has 1 aromatic carbocycles. The van der Waals surface area contributed by atoms with Crippen molar-refractivity contribution in [3.63, 3.8) is 0 Å². The molecule has 0 aliphatic carbocycles. The molecule has 0 aliphatic heterocycles. The van der Waals surface area contributed by atoms with Crippen LogP contribution in [0.3, 0.4) is 0 Å². The number of imide groups is 1. The molecule has 0 heterocycles. The van der Waals surface area contributed by atoms with Crippen molar-refractivity contribution in [2.75, 3.05) is 20.8 Å². The van der Waals surface area contributed by atoms with E-state index in [-0.39, 0.29) is 6.61 Å². The van der Waals surface area contributed by atoms with Gasteiger partial charge in [0.1, 0.15) is 11.5 Å². The minimum atomic E-state index is -0.562. The lowest BCUT2D eigenvalue weighted by atomic mass is 10.3. The molecule has 0 fully saturated rings. The molecule has 0 aliphatic rings. The number of amides is 3. The Morgan fingerprint density at radius 2 is 1.76 bits per heavy atom. The van der Waals surface area contributed by atoms with Crippen molar-refractivity contribution < 1.29 is 19.1 Å². The first-order chi connectivity index (χ1) is 8.15. The van der Waals surface area contributed by atoms with Crippen molar-refractivity contribution in [1.82, 2.24) is 10.6 Å². The van der Waals surface area contributed by atoms with Crippen LogP contribution >= 0.6 is 0 Å². The van der Waals surface area contributed by atoms with Crippen LogP contribution in [0.15, 0.2) is 24.3 Å². The first-order valence-corrected chi connectivity index (χ1v) is 4.94. The van der Waals surface area contributed by atoms with Crippen LogP contribution in [0, 0.1) is 0 Å². The van der Waals surface area contributed by atoms with Crippen LogP contribution in [-0.2, 0) is 4.79 Å². The summed E-state index contributed by atoms with van der Waals surface area (Å²) < 4.78 is 10.1. The number of carbonyl (C=O) groups is 2. The largest absolute Gasteiger partial charge is 0.497 e. The normalized spacial score (nSPS) is 9.29. The molecule has 1 rings (SSSR count). The minimum Gasteiger partial charge on any atom is -0.497 e. The predicted molar refractivity (Wildman–Crippen MR) is 61.1 cm³/mol. The second kappa shape index (κ2) is 6.37. The Hall–Kier alpha value is -2.24. The predicted octanol–water partition coefficient (Wildman–Crippen LogP) is 0.530. The summed E-state index contributed by atoms with van der Waals surface area (Å²) in [4.78, 5) is 22.0. The van der Waals surface area contributed by atoms with Gasteiger partial charge in [0.05, 0.1) is 7.11 Å². The first kappa shape index (κ1) is 12.8. The molecule has 6 nitrogen and oxygen atoms in total. The minimum absolute atomic E-state index is 0.222. The number of hydrogen-bond acceptors (Lipinski definition) is 4. The van der Waals surface area contributed by atoms with Gasteiger partial charge >= 0.3 is 6.03 Å². The second-order valence-corrected chi connectivity index (χ2v) is 3.09. The fourth-order valence-electron chi connectivity index (χ4n) is 1.05. The van der Waals surface area contributed by atoms with Gasteiger partial charge in [0.2, 0.25) is 0 Å². The van der Waals surface area contributed by atoms with E-state index in [9.17, 15) is 9.59 Å². The van der Waals surface area contributed by atoms with E-state index in [0.717, 1.165) is 0 Å². The van der Waals surface area contributed by atoms with Crippen LogP contribution in [-0.4, -0.2) is 32.7 Å². The topological polar surface area (TPSA) is 76.7 Å². The molecule has 0 bridgehead atoms. The Bertz CT molecular complexity index is 389. The van der Waals surface area contributed by atoms with Crippen molar-refractivity contribution >= 4 is 11.9 Å². The summed E-state index contributed by atoms with van der Waals surface area (Å²) in [6.07, 6.45) is 0. The number of rotatable bonds is 4. The van der Waals surface area contributed by atoms with Gasteiger partial charge < -0.3 is 14.8 Å². The quantitative estimate of drug-likeness (QED) is 0.802. The van der Waals surface area contributed by atoms with E-state index in [1.165, 1.54) is 7.05 Å². The maximum absolute atomic E-state index is 11.2. The van der Waals surface area contributed by atoms with E-state index in [1.807, 2.05) is 0 Å². The van der Waals surface area contributed by atoms with Gasteiger partial charge in [0, 0.05) is 7.05 Å². The van der Waals surface area contributed by atoms with Crippen LogP contribution in [0.4, 0.5) is 4.79 Å². The highest BCUT2D eigenvalue weighted by atomic mass is 16.5. The van der Waals surface area contributed by atoms with Crippen molar-refractivity contribution in [3.05, 3.63) is 24.3 Å². The zero-order valence-electron chi connectivity index (χ0n) is 9.65. The highest BCUT2D eigenvalue weighted by Crippen LogP contribution is 2.16. The summed E-state index contributed by atoms with van der Waals surface area (Å²) in [6, 6.07) is 6.21. The molecule has 2 N–H and O–H groups in total. The molecule has 6 heteroatoms. The third kappa shape index (κ3) is 4.42. The Labute approximate surface area is 98.9 Å². The van der Waals surface area contributed by atoms with E-state index in [4.69, 9.17) is 9.47 Å². The molecule has 0 saturated heterocycles. The van der Waals surface area contributed by atoms with E-state index in [2.05, 4.69) is 10.6 Å². The Morgan fingerprint density at radius 1 is 1.18 bits per heavy atom. The zero-order valence-corrected chi connectivity index (χ0v) is 9.65. The molecule has 17 heavy (non-hydrogen) atoms. The SMILES string of the molecule is CNC(=O)NC(=O)COc1ccc(OC)cc1. The first-order valence-electron chi connectivity index (χ1n) is 4.94. The molecule has 3 amide bonds. The lowest BCUT2D eigenvalue weighted by molar-refractivity contribution is -0.121. The van der Waals surface area contributed by atoms with Gasteiger partial charge in [-0.1, -0.05) is 0 Å². The van der Waals surface area contributed by atoms with Crippen LogP contribution in [0.1, 0.15) is 0 Å². The average Bonchev–Trinajstić information content (AvgIpc) is 2.36. The summed E-state index contributed by atoms with van der Waals surface area (Å²) in [6.45, 7) is -0.222. The lowest BCUT2D eigenvalue weighted by Crippen LogP contribution is -2.39. The molecule has 0 saturated carbocycles. The summed E-state index contributed by atoms with van der Waals surface area (Å²) in [7, 11) is 2.99. The van der Waals surface area contributed by atoms with Gasteiger partial charge in [-0.2, -0.15) is 0 Å². The Morgan fingerprint density at radius 3 is 2.29 bits per heavy atom. The summed E-state index contributed by atoms with van der Waals surface area (Å²) in [5.74, 6) is 0.713. The van der Waals surface area contributed by atoms with E-state index in [1.54, 1.807) is 31.4 Å². The fourth-order valence-corrected chi connectivity index (χ4v) is 1.05. The zero-order chi connectivity index (χ0) is 12.7. The smallest absolute Gasteiger partial charge is 0.321 e.